The van der Waals surface area contributed by atoms with Gasteiger partial charge in [-0.15, -0.1) is 0 Å². The van der Waals surface area contributed by atoms with Crippen LogP contribution in [0.15, 0.2) is 47.6 Å². The van der Waals surface area contributed by atoms with Crippen LogP contribution in [-0.2, 0) is 0 Å². The first-order valence-electron chi connectivity index (χ1n) is 4.77. The van der Waals surface area contributed by atoms with Crippen LogP contribution in [0.1, 0.15) is 12.8 Å². The summed E-state index contributed by atoms with van der Waals surface area (Å²) in [5.41, 5.74) is 2.83. The molecule has 0 heterocycles. The zero-order valence-corrected chi connectivity index (χ0v) is 10.8. The van der Waals surface area contributed by atoms with Crippen molar-refractivity contribution in [2.45, 2.75) is 21.5 Å². The number of hydrogen-bond donors (Lipinski definition) is 0. The highest BCUT2D eigenvalue weighted by Gasteiger charge is 2.63. The number of hydrogen-bond acceptors (Lipinski definition) is 0. The van der Waals surface area contributed by atoms with Crippen molar-refractivity contribution in [3.63, 3.8) is 0 Å². The fraction of sp³-hybridized carbons (Fsp3) is 0.333. The molecule has 0 nitrogen and oxygen atoms in total. The third kappa shape index (κ3) is 1.24. The van der Waals surface area contributed by atoms with Crippen molar-refractivity contribution in [2.24, 2.45) is 0 Å². The predicted octanol–water partition coefficient (Wildman–Crippen LogP) is 4.04. The second-order valence-corrected chi connectivity index (χ2v) is 7.07. The lowest BCUT2D eigenvalue weighted by molar-refractivity contribution is 1.13. The highest BCUT2D eigenvalue weighted by molar-refractivity contribution is 9.13. The van der Waals surface area contributed by atoms with Gasteiger partial charge >= 0.3 is 0 Å². The van der Waals surface area contributed by atoms with E-state index in [1.54, 1.807) is 0 Å². The first kappa shape index (κ1) is 9.17. The topological polar surface area (TPSA) is 0 Å². The third-order valence-corrected chi connectivity index (χ3v) is 6.01. The number of fused-ring (bicyclic) bond motifs is 3. The van der Waals surface area contributed by atoms with Gasteiger partial charge in [0.2, 0.25) is 0 Å². The zero-order chi connectivity index (χ0) is 9.81. The molecule has 0 saturated heterocycles. The molecule has 0 aromatic heterocycles. The van der Waals surface area contributed by atoms with Crippen molar-refractivity contribution in [3.05, 3.63) is 47.6 Å². The average molecular weight is 314 g/mol. The average Bonchev–Trinajstić information content (AvgIpc) is 2.68. The van der Waals surface area contributed by atoms with Gasteiger partial charge < -0.3 is 0 Å². The van der Waals surface area contributed by atoms with Gasteiger partial charge in [-0.1, -0.05) is 68.3 Å². The van der Waals surface area contributed by atoms with E-state index in [0.717, 1.165) is 12.8 Å². The standard InChI is InChI=1S/C12H10Br2/c13-11-6-9-3-1-2-4-10(5-9)7-12(11,14)8-11/h1-4,6-7H,5,8H2. The molecule has 3 aliphatic rings. The number of rotatable bonds is 0. The SMILES string of the molecule is BrC12C=C3C=CC=CC(=CC1(Br)C2)C3. The van der Waals surface area contributed by atoms with Gasteiger partial charge in [0.15, 0.2) is 0 Å². The lowest BCUT2D eigenvalue weighted by Crippen LogP contribution is -2.07. The first-order chi connectivity index (χ1) is 6.61. The maximum atomic E-state index is 3.81. The summed E-state index contributed by atoms with van der Waals surface area (Å²) in [6.07, 6.45) is 15.6. The molecule has 0 radical (unpaired) electrons. The van der Waals surface area contributed by atoms with Gasteiger partial charge in [-0.3, -0.25) is 0 Å². The molecule has 2 atom stereocenters. The molecular formula is C12H10Br2. The highest BCUT2D eigenvalue weighted by Crippen LogP contribution is 2.64. The summed E-state index contributed by atoms with van der Waals surface area (Å²) in [4.78, 5) is 0. The van der Waals surface area contributed by atoms with Crippen LogP contribution in [0.3, 0.4) is 0 Å². The van der Waals surface area contributed by atoms with Crippen molar-refractivity contribution in [1.29, 1.82) is 0 Å². The van der Waals surface area contributed by atoms with Gasteiger partial charge in [0.05, 0.1) is 8.65 Å². The van der Waals surface area contributed by atoms with E-state index in [2.05, 4.69) is 68.3 Å². The summed E-state index contributed by atoms with van der Waals surface area (Å²) >= 11 is 7.62. The Morgan fingerprint density at radius 1 is 0.929 bits per heavy atom. The Labute approximate surface area is 101 Å². The Morgan fingerprint density at radius 2 is 1.43 bits per heavy atom. The summed E-state index contributed by atoms with van der Waals surface area (Å²) in [5.74, 6) is 0. The Balaban J connectivity index is 2.15. The number of alkyl halides is 2. The van der Waals surface area contributed by atoms with Crippen LogP contribution in [0, 0.1) is 0 Å². The molecule has 0 aromatic carbocycles. The van der Waals surface area contributed by atoms with E-state index in [1.807, 2.05) is 0 Å². The van der Waals surface area contributed by atoms with Gasteiger partial charge in [0.1, 0.15) is 0 Å². The third-order valence-electron chi connectivity index (χ3n) is 3.05. The highest BCUT2D eigenvalue weighted by atomic mass is 79.9. The Kier molecular flexibility index (Phi) is 1.79. The smallest absolute Gasteiger partial charge is 0.0648 e. The van der Waals surface area contributed by atoms with Gasteiger partial charge in [-0.25, -0.2) is 0 Å². The van der Waals surface area contributed by atoms with Crippen molar-refractivity contribution < 1.29 is 0 Å². The molecule has 0 N–H and O–H groups in total. The van der Waals surface area contributed by atoms with Crippen molar-refractivity contribution >= 4 is 31.9 Å². The quantitative estimate of drug-likeness (QED) is 0.592. The van der Waals surface area contributed by atoms with Crippen LogP contribution in [0.5, 0.6) is 0 Å². The summed E-state index contributed by atoms with van der Waals surface area (Å²) in [6, 6.07) is 0. The van der Waals surface area contributed by atoms with E-state index in [9.17, 15) is 0 Å². The molecular weight excluding hydrogens is 304 g/mol. The maximum Gasteiger partial charge on any atom is 0.0648 e. The minimum absolute atomic E-state index is 0.159. The van der Waals surface area contributed by atoms with Gasteiger partial charge in [0.25, 0.3) is 0 Å². The normalized spacial score (nSPS) is 43.3. The van der Waals surface area contributed by atoms with Crippen LogP contribution in [0.4, 0.5) is 0 Å². The summed E-state index contributed by atoms with van der Waals surface area (Å²) in [5, 5.41) is 0. The van der Waals surface area contributed by atoms with Crippen LogP contribution in [-0.4, -0.2) is 8.65 Å². The summed E-state index contributed by atoms with van der Waals surface area (Å²) in [7, 11) is 0. The molecule has 14 heavy (non-hydrogen) atoms. The molecule has 3 rings (SSSR count). The molecule has 0 aromatic rings. The molecule has 3 aliphatic carbocycles. The van der Waals surface area contributed by atoms with E-state index < -0.39 is 0 Å². The molecule has 0 aliphatic heterocycles. The molecule has 0 amide bonds. The second-order valence-electron chi connectivity index (χ2n) is 4.24. The van der Waals surface area contributed by atoms with Crippen molar-refractivity contribution in [1.82, 2.24) is 0 Å². The van der Waals surface area contributed by atoms with E-state index in [-0.39, 0.29) is 8.65 Å². The van der Waals surface area contributed by atoms with Crippen molar-refractivity contribution in [2.75, 3.05) is 0 Å². The number of allylic oxidation sites excluding steroid dienone is 8. The molecule has 2 unspecified atom stereocenters. The van der Waals surface area contributed by atoms with Crippen LogP contribution in [0.25, 0.3) is 0 Å². The van der Waals surface area contributed by atoms with Crippen LogP contribution < -0.4 is 0 Å². The minimum atomic E-state index is 0.159. The molecule has 2 bridgehead atoms. The fourth-order valence-corrected chi connectivity index (χ4v) is 4.25. The van der Waals surface area contributed by atoms with E-state index in [4.69, 9.17) is 0 Å². The molecule has 1 saturated carbocycles. The Morgan fingerprint density at radius 3 is 1.93 bits per heavy atom. The monoisotopic (exact) mass is 312 g/mol. The fourth-order valence-electron chi connectivity index (χ4n) is 2.17. The zero-order valence-electron chi connectivity index (χ0n) is 7.63. The number of halogens is 2. The maximum absolute atomic E-state index is 3.81. The van der Waals surface area contributed by atoms with Gasteiger partial charge in [-0.2, -0.15) is 0 Å². The Bertz CT molecular complexity index is 376. The largest absolute Gasteiger partial charge is 0.0788 e. The lowest BCUT2D eigenvalue weighted by atomic mass is 10.1. The minimum Gasteiger partial charge on any atom is -0.0788 e. The Hall–Kier alpha value is -0.0800. The van der Waals surface area contributed by atoms with Crippen LogP contribution in [0.2, 0.25) is 0 Å². The first-order valence-corrected chi connectivity index (χ1v) is 6.36. The lowest BCUT2D eigenvalue weighted by Gasteiger charge is -2.06. The molecule has 72 valence electrons. The molecule has 0 spiro atoms. The second kappa shape index (κ2) is 2.73. The summed E-state index contributed by atoms with van der Waals surface area (Å²) in [6.45, 7) is 0. The van der Waals surface area contributed by atoms with E-state index >= 15 is 0 Å². The predicted molar refractivity (Wildman–Crippen MR) is 67.0 cm³/mol. The molecule has 1 fully saturated rings. The van der Waals surface area contributed by atoms with Gasteiger partial charge in [-0.05, 0) is 24.0 Å². The summed E-state index contributed by atoms with van der Waals surface area (Å²) < 4.78 is 0.319. The van der Waals surface area contributed by atoms with Crippen molar-refractivity contribution in [3.8, 4) is 0 Å². The van der Waals surface area contributed by atoms with E-state index in [1.165, 1.54) is 11.1 Å². The van der Waals surface area contributed by atoms with Crippen LogP contribution >= 0.6 is 31.9 Å². The van der Waals surface area contributed by atoms with Gasteiger partial charge in [0, 0.05) is 0 Å². The molecule has 2 heteroatoms. The van der Waals surface area contributed by atoms with E-state index in [0.29, 0.717) is 0 Å².